The molecule has 0 heterocycles. The molecule has 0 bridgehead atoms. The van der Waals surface area contributed by atoms with Crippen molar-refractivity contribution in [1.29, 1.82) is 0 Å². The van der Waals surface area contributed by atoms with E-state index >= 15 is 0 Å². The number of hydrogen-bond acceptors (Lipinski definition) is 1. The van der Waals surface area contributed by atoms with Crippen LogP contribution >= 0.6 is 0 Å². The number of benzene rings is 5. The first-order valence-corrected chi connectivity index (χ1v) is 12.4. The summed E-state index contributed by atoms with van der Waals surface area (Å²) in [5.74, 6) is 0. The van der Waals surface area contributed by atoms with Crippen LogP contribution in [0.1, 0.15) is 33.4 Å². The molecule has 0 spiro atoms. The summed E-state index contributed by atoms with van der Waals surface area (Å²) >= 11 is 0. The molecule has 0 aliphatic rings. The van der Waals surface area contributed by atoms with E-state index in [-0.39, 0.29) is 0 Å². The Bertz CT molecular complexity index is 1400. The number of aryl methyl sites for hydroxylation is 3. The summed E-state index contributed by atoms with van der Waals surface area (Å²) < 4.78 is 0. The maximum atomic E-state index is 2.31. The standard InChI is InChI=1S/C35H31N/c1-26-9-15-29(16-10-26)25-35(30-7-5-4-6-8-30)31-17-23-34(24-18-31)36(32-19-11-27(2)12-20-32)33-21-13-28(3)14-22-33/h4-25H,1-3H3. The fourth-order valence-electron chi connectivity index (χ4n) is 4.41. The highest BCUT2D eigenvalue weighted by Crippen LogP contribution is 2.36. The van der Waals surface area contributed by atoms with E-state index in [4.69, 9.17) is 0 Å². The minimum absolute atomic E-state index is 1.13. The molecule has 0 aromatic heterocycles. The Morgan fingerprint density at radius 1 is 0.444 bits per heavy atom. The van der Waals surface area contributed by atoms with Crippen LogP contribution in [0.4, 0.5) is 17.1 Å². The van der Waals surface area contributed by atoms with Crippen LogP contribution in [0.5, 0.6) is 0 Å². The molecular weight excluding hydrogens is 434 g/mol. The number of hydrogen-bond donors (Lipinski definition) is 0. The third-order valence-electron chi connectivity index (χ3n) is 6.49. The second-order valence-corrected chi connectivity index (χ2v) is 9.39. The van der Waals surface area contributed by atoms with E-state index in [1.807, 2.05) is 0 Å². The summed E-state index contributed by atoms with van der Waals surface area (Å²) in [6.45, 7) is 6.37. The first kappa shape index (κ1) is 23.4. The minimum Gasteiger partial charge on any atom is -0.311 e. The van der Waals surface area contributed by atoms with E-state index < -0.39 is 0 Å². The van der Waals surface area contributed by atoms with Crippen molar-refractivity contribution in [2.24, 2.45) is 0 Å². The van der Waals surface area contributed by atoms with Crippen LogP contribution in [0, 0.1) is 20.8 Å². The number of anilines is 3. The molecule has 36 heavy (non-hydrogen) atoms. The van der Waals surface area contributed by atoms with Gasteiger partial charge in [0, 0.05) is 17.1 Å². The Hall–Kier alpha value is -4.36. The zero-order valence-electron chi connectivity index (χ0n) is 21.1. The molecule has 0 N–H and O–H groups in total. The van der Waals surface area contributed by atoms with Gasteiger partial charge in [0.05, 0.1) is 0 Å². The average molecular weight is 466 g/mol. The van der Waals surface area contributed by atoms with E-state index in [2.05, 4.69) is 159 Å². The Morgan fingerprint density at radius 2 is 0.833 bits per heavy atom. The van der Waals surface area contributed by atoms with Crippen molar-refractivity contribution < 1.29 is 0 Å². The third-order valence-corrected chi connectivity index (χ3v) is 6.49. The highest BCUT2D eigenvalue weighted by molar-refractivity contribution is 5.92. The summed E-state index contributed by atoms with van der Waals surface area (Å²) in [5, 5.41) is 0. The molecule has 0 saturated heterocycles. The molecule has 5 rings (SSSR count). The Morgan fingerprint density at radius 3 is 1.31 bits per heavy atom. The lowest BCUT2D eigenvalue weighted by Gasteiger charge is -2.26. The summed E-state index contributed by atoms with van der Waals surface area (Å²) in [6, 6.07) is 45.7. The molecule has 1 heteroatoms. The third kappa shape index (κ3) is 5.31. The molecule has 0 aliphatic carbocycles. The van der Waals surface area contributed by atoms with Crippen LogP contribution in [0.2, 0.25) is 0 Å². The Kier molecular flexibility index (Phi) is 6.82. The van der Waals surface area contributed by atoms with E-state index in [1.54, 1.807) is 0 Å². The average Bonchev–Trinajstić information content (AvgIpc) is 2.92. The zero-order valence-corrected chi connectivity index (χ0v) is 21.1. The van der Waals surface area contributed by atoms with Crippen LogP contribution in [0.15, 0.2) is 127 Å². The summed E-state index contributed by atoms with van der Waals surface area (Å²) in [5.41, 5.74) is 12.0. The number of nitrogens with zero attached hydrogens (tertiary/aromatic N) is 1. The van der Waals surface area contributed by atoms with Gasteiger partial charge in [-0.15, -0.1) is 0 Å². The maximum Gasteiger partial charge on any atom is 0.0462 e. The van der Waals surface area contributed by atoms with Gasteiger partial charge in [-0.1, -0.05) is 108 Å². The smallest absolute Gasteiger partial charge is 0.0462 e. The molecular formula is C35H31N. The molecule has 0 atom stereocenters. The minimum atomic E-state index is 1.13. The van der Waals surface area contributed by atoms with Gasteiger partial charge in [0.25, 0.3) is 0 Å². The molecule has 0 amide bonds. The van der Waals surface area contributed by atoms with Gasteiger partial charge < -0.3 is 4.90 Å². The van der Waals surface area contributed by atoms with Gasteiger partial charge >= 0.3 is 0 Å². The fourth-order valence-corrected chi connectivity index (χ4v) is 4.41. The molecule has 0 saturated carbocycles. The van der Waals surface area contributed by atoms with Crippen molar-refractivity contribution in [3.8, 4) is 0 Å². The number of rotatable bonds is 6. The van der Waals surface area contributed by atoms with Crippen molar-refractivity contribution in [2.45, 2.75) is 20.8 Å². The molecule has 5 aromatic carbocycles. The van der Waals surface area contributed by atoms with Crippen LogP contribution in [-0.2, 0) is 0 Å². The van der Waals surface area contributed by atoms with E-state index in [0.717, 1.165) is 17.1 Å². The summed E-state index contributed by atoms with van der Waals surface area (Å²) in [6.07, 6.45) is 2.28. The summed E-state index contributed by atoms with van der Waals surface area (Å²) in [7, 11) is 0. The van der Waals surface area contributed by atoms with Gasteiger partial charge in [0.1, 0.15) is 0 Å². The largest absolute Gasteiger partial charge is 0.311 e. The normalized spacial score (nSPS) is 11.4. The van der Waals surface area contributed by atoms with E-state index in [0.29, 0.717) is 0 Å². The van der Waals surface area contributed by atoms with Crippen molar-refractivity contribution in [3.63, 3.8) is 0 Å². The summed E-state index contributed by atoms with van der Waals surface area (Å²) in [4.78, 5) is 2.31. The first-order valence-electron chi connectivity index (χ1n) is 12.4. The maximum absolute atomic E-state index is 2.31. The lowest BCUT2D eigenvalue weighted by Crippen LogP contribution is -2.10. The Labute approximate surface area is 215 Å². The monoisotopic (exact) mass is 465 g/mol. The molecule has 0 radical (unpaired) electrons. The Balaban J connectivity index is 1.57. The van der Waals surface area contributed by atoms with E-state index in [9.17, 15) is 0 Å². The molecule has 176 valence electrons. The van der Waals surface area contributed by atoms with Crippen LogP contribution in [0.25, 0.3) is 11.6 Å². The molecule has 0 unspecified atom stereocenters. The lowest BCUT2D eigenvalue weighted by atomic mass is 9.95. The van der Waals surface area contributed by atoms with Crippen molar-refractivity contribution in [3.05, 3.63) is 161 Å². The van der Waals surface area contributed by atoms with Gasteiger partial charge in [-0.3, -0.25) is 0 Å². The highest BCUT2D eigenvalue weighted by Gasteiger charge is 2.13. The predicted octanol–water partition coefficient (Wildman–Crippen LogP) is 9.67. The van der Waals surface area contributed by atoms with E-state index in [1.165, 1.54) is 39.0 Å². The zero-order chi connectivity index (χ0) is 24.9. The second kappa shape index (κ2) is 10.5. The topological polar surface area (TPSA) is 3.24 Å². The molecule has 0 fully saturated rings. The predicted molar refractivity (Wildman–Crippen MR) is 155 cm³/mol. The van der Waals surface area contributed by atoms with Gasteiger partial charge in [-0.05, 0) is 85.5 Å². The molecule has 0 aliphatic heterocycles. The van der Waals surface area contributed by atoms with Crippen LogP contribution in [0.3, 0.4) is 0 Å². The SMILES string of the molecule is Cc1ccc(C=C(c2ccccc2)c2ccc(N(c3ccc(C)cc3)c3ccc(C)cc3)cc2)cc1. The van der Waals surface area contributed by atoms with Crippen molar-refractivity contribution >= 4 is 28.7 Å². The van der Waals surface area contributed by atoms with Crippen LogP contribution in [-0.4, -0.2) is 0 Å². The van der Waals surface area contributed by atoms with Crippen molar-refractivity contribution in [1.82, 2.24) is 0 Å². The van der Waals surface area contributed by atoms with Gasteiger partial charge in [-0.2, -0.15) is 0 Å². The lowest BCUT2D eigenvalue weighted by molar-refractivity contribution is 1.27. The van der Waals surface area contributed by atoms with Crippen molar-refractivity contribution in [2.75, 3.05) is 4.90 Å². The van der Waals surface area contributed by atoms with Gasteiger partial charge in [0.15, 0.2) is 0 Å². The first-order chi connectivity index (χ1) is 17.6. The molecule has 5 aromatic rings. The quantitative estimate of drug-likeness (QED) is 0.226. The second-order valence-electron chi connectivity index (χ2n) is 9.39. The van der Waals surface area contributed by atoms with Gasteiger partial charge in [0.2, 0.25) is 0 Å². The van der Waals surface area contributed by atoms with Gasteiger partial charge in [-0.25, -0.2) is 0 Å². The highest BCUT2D eigenvalue weighted by atomic mass is 15.1. The fraction of sp³-hybridized carbons (Fsp3) is 0.0857. The molecule has 1 nitrogen and oxygen atoms in total. The van der Waals surface area contributed by atoms with Crippen LogP contribution < -0.4 is 4.90 Å².